The Kier molecular flexibility index (Phi) is 15.9. The zero-order valence-corrected chi connectivity index (χ0v) is 30.4. The number of benzene rings is 1. The van der Waals surface area contributed by atoms with Crippen LogP contribution < -0.4 is 10.6 Å². The number of rotatable bonds is 19. The predicted octanol–water partition coefficient (Wildman–Crippen LogP) is 5.92. The summed E-state index contributed by atoms with van der Waals surface area (Å²) < 4.78 is 11.7. The number of aromatic nitrogens is 1. The summed E-state index contributed by atoms with van der Waals surface area (Å²) >= 11 is 1.15. The van der Waals surface area contributed by atoms with Crippen molar-refractivity contribution >= 4 is 40.9 Å². The first-order chi connectivity index (χ1) is 23.3. The van der Waals surface area contributed by atoms with Gasteiger partial charge in [-0.1, -0.05) is 77.8 Å². The van der Waals surface area contributed by atoms with Gasteiger partial charge in [0, 0.05) is 31.2 Å². The molecule has 1 saturated heterocycles. The van der Waals surface area contributed by atoms with Crippen molar-refractivity contribution in [3.8, 4) is 0 Å². The maximum atomic E-state index is 13.7. The fourth-order valence-electron chi connectivity index (χ4n) is 6.01. The monoisotopic (exact) mass is 699 g/mol. The molecule has 0 radical (unpaired) electrons. The number of carboxylic acid groups (broad SMARTS) is 1. The molecular weight excluding hydrogens is 646 g/mol. The van der Waals surface area contributed by atoms with E-state index in [0.29, 0.717) is 17.8 Å². The SMILES string of the molecule is CC[C@@H](C)[C@@H](CC(=O)[C@@H]1CCCCN1)C(=O)O[C@H](C[C@@H](OC(C)=O)c1nc(C(=O)N[C@@H](Cc2ccccc2)C[C@H](C)C(=O)O)cs1)C(C)C. The largest absolute Gasteiger partial charge is 0.481 e. The van der Waals surface area contributed by atoms with Crippen LogP contribution in [0, 0.1) is 23.7 Å². The number of thiazole rings is 1. The topological polar surface area (TPSA) is 161 Å². The van der Waals surface area contributed by atoms with E-state index in [-0.39, 0.29) is 48.6 Å². The summed E-state index contributed by atoms with van der Waals surface area (Å²) in [4.78, 5) is 68.5. The molecule has 0 unspecified atom stereocenters. The van der Waals surface area contributed by atoms with Crippen LogP contribution in [0.5, 0.6) is 0 Å². The summed E-state index contributed by atoms with van der Waals surface area (Å²) in [6.45, 7) is 11.4. The van der Waals surface area contributed by atoms with Crippen molar-refractivity contribution in [1.82, 2.24) is 15.6 Å². The van der Waals surface area contributed by atoms with E-state index >= 15 is 0 Å². The maximum absolute atomic E-state index is 13.7. The van der Waals surface area contributed by atoms with Crippen molar-refractivity contribution in [3.05, 3.63) is 52.0 Å². The first-order valence-corrected chi connectivity index (χ1v) is 18.3. The molecule has 1 aromatic carbocycles. The first-order valence-electron chi connectivity index (χ1n) is 17.5. The summed E-state index contributed by atoms with van der Waals surface area (Å²) in [5.74, 6) is -3.87. The Morgan fingerprint density at radius 3 is 2.35 bits per heavy atom. The van der Waals surface area contributed by atoms with Crippen molar-refractivity contribution in [1.29, 1.82) is 0 Å². The van der Waals surface area contributed by atoms with E-state index in [1.54, 1.807) is 12.3 Å². The molecule has 1 amide bonds. The third kappa shape index (κ3) is 12.6. The van der Waals surface area contributed by atoms with E-state index in [1.807, 2.05) is 58.0 Å². The van der Waals surface area contributed by atoms with Crippen LogP contribution in [-0.2, 0) is 35.1 Å². The van der Waals surface area contributed by atoms with Gasteiger partial charge < -0.3 is 25.2 Å². The number of carboxylic acids is 1. The molecule has 1 aliphatic rings. The Morgan fingerprint density at radius 1 is 1.04 bits per heavy atom. The molecule has 7 atom stereocenters. The lowest BCUT2D eigenvalue weighted by Crippen LogP contribution is -2.42. The average Bonchev–Trinajstić information content (AvgIpc) is 3.57. The number of nitrogens with one attached hydrogen (secondary N) is 2. The van der Waals surface area contributed by atoms with E-state index in [1.165, 1.54) is 6.92 Å². The molecule has 49 heavy (non-hydrogen) atoms. The van der Waals surface area contributed by atoms with Crippen LogP contribution in [0.1, 0.15) is 114 Å². The third-order valence-corrected chi connectivity index (χ3v) is 10.2. The van der Waals surface area contributed by atoms with Crippen LogP contribution in [0.15, 0.2) is 35.7 Å². The van der Waals surface area contributed by atoms with Crippen molar-refractivity contribution in [2.24, 2.45) is 23.7 Å². The van der Waals surface area contributed by atoms with E-state index < -0.39 is 53.9 Å². The number of Topliss-reactive ketones (excluding diaryl/α,β-unsaturated/α-hetero) is 1. The molecule has 270 valence electrons. The average molecular weight is 700 g/mol. The van der Waals surface area contributed by atoms with Crippen molar-refractivity contribution in [2.75, 3.05) is 6.54 Å². The number of amides is 1. The number of esters is 2. The minimum Gasteiger partial charge on any atom is -0.481 e. The van der Waals surface area contributed by atoms with E-state index in [2.05, 4.69) is 15.6 Å². The molecule has 0 saturated carbocycles. The van der Waals surface area contributed by atoms with E-state index in [4.69, 9.17) is 9.47 Å². The van der Waals surface area contributed by atoms with Gasteiger partial charge in [-0.05, 0) is 49.6 Å². The Bertz CT molecular complexity index is 1390. The van der Waals surface area contributed by atoms with Gasteiger partial charge in [-0.2, -0.15) is 0 Å². The molecule has 0 spiro atoms. The predicted molar refractivity (Wildman–Crippen MR) is 187 cm³/mol. The van der Waals surface area contributed by atoms with Gasteiger partial charge in [-0.3, -0.25) is 24.0 Å². The van der Waals surface area contributed by atoms with Crippen molar-refractivity contribution < 1.29 is 38.6 Å². The van der Waals surface area contributed by atoms with Crippen LogP contribution in [0.3, 0.4) is 0 Å². The second-order valence-corrected chi connectivity index (χ2v) is 14.5. The molecule has 1 aromatic heterocycles. The standard InChI is InChI=1S/C37H53N3O8S/c1-7-23(4)28(19-31(42)29-15-11-12-16-38-29)37(46)48-32(22(2)3)20-33(47-25(6)41)35-40-30(21-49-35)34(43)39-27(17-24(5)36(44)45)18-26-13-9-8-10-14-26/h8-10,13-14,21-24,27-29,32-33,38H,7,11-12,15-20H2,1-6H3,(H,39,43)(H,44,45)/t23-,24+,27-,28-,29+,32-,33-/m1/s1. The maximum Gasteiger partial charge on any atom is 0.309 e. The quantitative estimate of drug-likeness (QED) is 0.150. The number of nitrogens with zero attached hydrogens (tertiary/aromatic N) is 1. The molecule has 3 rings (SSSR count). The van der Waals surface area contributed by atoms with E-state index in [9.17, 15) is 29.1 Å². The van der Waals surface area contributed by atoms with Gasteiger partial charge >= 0.3 is 17.9 Å². The summed E-state index contributed by atoms with van der Waals surface area (Å²) in [7, 11) is 0. The number of ketones is 1. The smallest absolute Gasteiger partial charge is 0.309 e. The molecule has 1 aliphatic heterocycles. The second kappa shape index (κ2) is 19.5. The highest BCUT2D eigenvalue weighted by atomic mass is 32.1. The highest BCUT2D eigenvalue weighted by Gasteiger charge is 2.35. The lowest BCUT2D eigenvalue weighted by Gasteiger charge is -2.30. The summed E-state index contributed by atoms with van der Waals surface area (Å²) in [5, 5.41) is 17.7. The fraction of sp³-hybridized carbons (Fsp3) is 0.622. The Hall–Kier alpha value is -3.64. The zero-order chi connectivity index (χ0) is 36.1. The molecule has 11 nitrogen and oxygen atoms in total. The molecular formula is C37H53N3O8S. The Balaban J connectivity index is 1.76. The Morgan fingerprint density at radius 2 is 1.76 bits per heavy atom. The Labute approximate surface area is 293 Å². The lowest BCUT2D eigenvalue weighted by molar-refractivity contribution is -0.163. The van der Waals surface area contributed by atoms with Crippen molar-refractivity contribution in [3.63, 3.8) is 0 Å². The van der Waals surface area contributed by atoms with Crippen LogP contribution >= 0.6 is 11.3 Å². The molecule has 0 bridgehead atoms. The molecule has 0 aliphatic carbocycles. The minimum atomic E-state index is -0.948. The number of hydrogen-bond acceptors (Lipinski definition) is 10. The molecule has 3 N–H and O–H groups in total. The fourth-order valence-corrected chi connectivity index (χ4v) is 6.85. The van der Waals surface area contributed by atoms with Crippen LogP contribution in [0.2, 0.25) is 0 Å². The first kappa shape index (κ1) is 39.8. The summed E-state index contributed by atoms with van der Waals surface area (Å²) in [5.41, 5.74) is 1.07. The number of carbonyl (C=O) groups is 5. The normalized spacial score (nSPS) is 18.4. The van der Waals surface area contributed by atoms with Gasteiger partial charge in [0.2, 0.25) is 0 Å². The van der Waals surface area contributed by atoms with Gasteiger partial charge in [0.15, 0.2) is 11.9 Å². The minimum absolute atomic E-state index is 0.0258. The number of carbonyl (C=O) groups excluding carboxylic acids is 4. The molecule has 2 heterocycles. The summed E-state index contributed by atoms with van der Waals surface area (Å²) in [6.07, 6.45) is 2.85. The highest BCUT2D eigenvalue weighted by Crippen LogP contribution is 2.32. The van der Waals surface area contributed by atoms with Gasteiger partial charge in [-0.15, -0.1) is 11.3 Å². The highest BCUT2D eigenvalue weighted by molar-refractivity contribution is 7.09. The number of piperidine rings is 1. The van der Waals surface area contributed by atoms with Crippen LogP contribution in [-0.4, -0.2) is 64.4 Å². The van der Waals surface area contributed by atoms with Gasteiger partial charge in [0.25, 0.3) is 5.91 Å². The van der Waals surface area contributed by atoms with E-state index in [0.717, 1.165) is 42.7 Å². The van der Waals surface area contributed by atoms with Crippen LogP contribution in [0.25, 0.3) is 0 Å². The second-order valence-electron chi connectivity index (χ2n) is 13.6. The number of hydrogen-bond donors (Lipinski definition) is 3. The summed E-state index contributed by atoms with van der Waals surface area (Å²) in [6, 6.07) is 8.80. The van der Waals surface area contributed by atoms with Gasteiger partial charge in [0.1, 0.15) is 16.8 Å². The zero-order valence-electron chi connectivity index (χ0n) is 29.6. The molecule has 12 heteroatoms. The number of ether oxygens (including phenoxy) is 2. The van der Waals surface area contributed by atoms with Crippen LogP contribution in [0.4, 0.5) is 0 Å². The molecule has 2 aromatic rings. The molecule has 1 fully saturated rings. The third-order valence-electron chi connectivity index (χ3n) is 9.27. The lowest BCUT2D eigenvalue weighted by atomic mass is 9.85. The van der Waals surface area contributed by atoms with Crippen molar-refractivity contribution in [2.45, 2.75) is 117 Å². The number of aliphatic carboxylic acids is 1. The van der Waals surface area contributed by atoms with Gasteiger partial charge in [0.05, 0.1) is 17.9 Å². The van der Waals surface area contributed by atoms with Gasteiger partial charge in [-0.25, -0.2) is 4.98 Å².